The van der Waals surface area contributed by atoms with E-state index in [-0.39, 0.29) is 11.0 Å². The van der Waals surface area contributed by atoms with E-state index in [1.807, 2.05) is 0 Å². The molecular formula is C9H4F3IN2O2. The highest BCUT2D eigenvalue weighted by Gasteiger charge is 2.37. The molecule has 4 nitrogen and oxygen atoms in total. The Hall–Kier alpha value is -1.32. The number of carboxylic acids is 1. The summed E-state index contributed by atoms with van der Waals surface area (Å²) >= 11 is 1.76. The molecule has 2 rings (SSSR count). The Morgan fingerprint density at radius 3 is 2.65 bits per heavy atom. The third kappa shape index (κ3) is 1.96. The van der Waals surface area contributed by atoms with Gasteiger partial charge >= 0.3 is 12.1 Å². The van der Waals surface area contributed by atoms with Crippen LogP contribution in [0.5, 0.6) is 0 Å². The van der Waals surface area contributed by atoms with Gasteiger partial charge in [-0.3, -0.25) is 0 Å². The number of carboxylic acid groups (broad SMARTS) is 1. The quantitative estimate of drug-likeness (QED) is 0.773. The number of rotatable bonds is 1. The molecule has 8 heteroatoms. The first-order valence-corrected chi connectivity index (χ1v) is 5.36. The molecule has 0 aliphatic heterocycles. The molecule has 0 saturated heterocycles. The second-order valence-electron chi connectivity index (χ2n) is 3.21. The van der Waals surface area contributed by atoms with E-state index in [4.69, 9.17) is 5.11 Å². The number of hydrogen-bond acceptors (Lipinski definition) is 2. The van der Waals surface area contributed by atoms with Gasteiger partial charge in [-0.05, 0) is 22.6 Å². The van der Waals surface area contributed by atoms with Crippen LogP contribution in [0.3, 0.4) is 0 Å². The molecule has 17 heavy (non-hydrogen) atoms. The van der Waals surface area contributed by atoms with E-state index < -0.39 is 23.3 Å². The van der Waals surface area contributed by atoms with Crippen molar-refractivity contribution in [1.29, 1.82) is 0 Å². The van der Waals surface area contributed by atoms with Crippen molar-refractivity contribution in [1.82, 2.24) is 9.97 Å². The van der Waals surface area contributed by atoms with Crippen molar-refractivity contribution in [2.45, 2.75) is 6.18 Å². The second-order valence-corrected chi connectivity index (χ2v) is 4.37. The van der Waals surface area contributed by atoms with E-state index in [1.165, 1.54) is 6.20 Å². The van der Waals surface area contributed by atoms with Crippen LogP contribution >= 0.6 is 22.6 Å². The molecule has 0 aromatic carbocycles. The van der Waals surface area contributed by atoms with Gasteiger partial charge in [-0.25, -0.2) is 9.78 Å². The van der Waals surface area contributed by atoms with Crippen LogP contribution in [0.1, 0.15) is 15.9 Å². The highest BCUT2D eigenvalue weighted by Crippen LogP contribution is 2.35. The van der Waals surface area contributed by atoms with E-state index in [2.05, 4.69) is 9.97 Å². The van der Waals surface area contributed by atoms with Crippen molar-refractivity contribution in [2.75, 3.05) is 0 Å². The van der Waals surface area contributed by atoms with E-state index in [0.29, 0.717) is 9.77 Å². The monoisotopic (exact) mass is 356 g/mol. The molecule has 2 heterocycles. The van der Waals surface area contributed by atoms with Gasteiger partial charge in [0.05, 0.1) is 11.1 Å². The second kappa shape index (κ2) is 3.86. The largest absolute Gasteiger partial charge is 0.478 e. The maximum atomic E-state index is 12.7. The summed E-state index contributed by atoms with van der Waals surface area (Å²) in [7, 11) is 0. The Kier molecular flexibility index (Phi) is 2.76. The van der Waals surface area contributed by atoms with E-state index in [9.17, 15) is 18.0 Å². The van der Waals surface area contributed by atoms with Crippen molar-refractivity contribution in [3.63, 3.8) is 0 Å². The van der Waals surface area contributed by atoms with Crippen molar-refractivity contribution < 1.29 is 23.1 Å². The van der Waals surface area contributed by atoms with Crippen molar-refractivity contribution in [3.05, 3.63) is 27.1 Å². The average Bonchev–Trinajstić information content (AvgIpc) is 2.58. The number of nitrogens with one attached hydrogen (secondary N) is 1. The molecule has 0 unspecified atom stereocenters. The molecule has 0 fully saturated rings. The van der Waals surface area contributed by atoms with Crippen LogP contribution in [0.4, 0.5) is 13.2 Å². The van der Waals surface area contributed by atoms with Gasteiger partial charge in [0.2, 0.25) is 0 Å². The molecule has 2 aromatic heterocycles. The number of fused-ring (bicyclic) bond motifs is 1. The lowest BCUT2D eigenvalue weighted by Gasteiger charge is -2.10. The Labute approximate surface area is 106 Å². The molecule has 2 N–H and O–H groups in total. The molecule has 0 spiro atoms. The number of aromatic nitrogens is 2. The first-order valence-electron chi connectivity index (χ1n) is 4.28. The molecule has 0 saturated carbocycles. The van der Waals surface area contributed by atoms with Gasteiger partial charge in [-0.2, -0.15) is 13.2 Å². The zero-order valence-electron chi connectivity index (χ0n) is 7.97. The lowest BCUT2D eigenvalue weighted by Crippen LogP contribution is -2.14. The molecule has 0 atom stereocenters. The summed E-state index contributed by atoms with van der Waals surface area (Å²) in [6, 6.07) is 0. The SMILES string of the molecule is O=C(O)c1c(C(F)(F)F)cnc2[nH]cc(I)c12. The number of pyridine rings is 1. The zero-order valence-corrected chi connectivity index (χ0v) is 10.1. The predicted octanol–water partition coefficient (Wildman–Crippen LogP) is 2.88. The van der Waals surface area contributed by atoms with Crippen LogP contribution in [0, 0.1) is 3.57 Å². The Balaban J connectivity index is 2.91. The van der Waals surface area contributed by atoms with Crippen LogP contribution in [0.15, 0.2) is 12.4 Å². The van der Waals surface area contributed by atoms with Gasteiger partial charge in [0.25, 0.3) is 0 Å². The highest BCUT2D eigenvalue weighted by atomic mass is 127. The fourth-order valence-electron chi connectivity index (χ4n) is 1.49. The average molecular weight is 356 g/mol. The maximum Gasteiger partial charge on any atom is 0.418 e. The summed E-state index contributed by atoms with van der Waals surface area (Å²) < 4.78 is 38.4. The summed E-state index contributed by atoms with van der Waals surface area (Å²) in [5.41, 5.74) is -1.89. The van der Waals surface area contributed by atoms with Gasteiger partial charge in [-0.15, -0.1) is 0 Å². The van der Waals surface area contributed by atoms with Crippen molar-refractivity contribution >= 4 is 39.6 Å². The number of nitrogens with zero attached hydrogens (tertiary/aromatic N) is 1. The number of H-pyrrole nitrogens is 1. The molecule has 0 aliphatic carbocycles. The summed E-state index contributed by atoms with van der Waals surface area (Å²) in [5, 5.41) is 8.90. The lowest BCUT2D eigenvalue weighted by molar-refractivity contribution is -0.138. The molecule has 2 aromatic rings. The minimum atomic E-state index is -4.74. The summed E-state index contributed by atoms with van der Waals surface area (Å²) in [5.74, 6) is -1.62. The number of hydrogen-bond donors (Lipinski definition) is 2. The van der Waals surface area contributed by atoms with Crippen LogP contribution in [-0.2, 0) is 6.18 Å². The first kappa shape index (κ1) is 12.1. The molecule has 0 bridgehead atoms. The smallest absolute Gasteiger partial charge is 0.418 e. The highest BCUT2D eigenvalue weighted by molar-refractivity contribution is 14.1. The number of carbonyl (C=O) groups is 1. The minimum Gasteiger partial charge on any atom is -0.478 e. The molecule has 90 valence electrons. The molecule has 0 radical (unpaired) electrons. The van der Waals surface area contributed by atoms with Gasteiger partial charge in [0.15, 0.2) is 0 Å². The van der Waals surface area contributed by atoms with E-state index in [0.717, 1.165) is 0 Å². The Morgan fingerprint density at radius 2 is 2.12 bits per heavy atom. The van der Waals surface area contributed by atoms with Gasteiger partial charge in [0, 0.05) is 21.4 Å². The van der Waals surface area contributed by atoms with Crippen molar-refractivity contribution in [3.8, 4) is 0 Å². The van der Waals surface area contributed by atoms with Crippen molar-refractivity contribution in [2.24, 2.45) is 0 Å². The number of aromatic amines is 1. The Morgan fingerprint density at radius 1 is 1.47 bits per heavy atom. The normalized spacial score (nSPS) is 12.0. The third-order valence-electron chi connectivity index (χ3n) is 2.17. The first-order chi connectivity index (χ1) is 7.82. The molecular weight excluding hydrogens is 352 g/mol. The van der Waals surface area contributed by atoms with Gasteiger partial charge in [0.1, 0.15) is 5.65 Å². The molecule has 0 amide bonds. The predicted molar refractivity (Wildman–Crippen MR) is 60.8 cm³/mol. The van der Waals surface area contributed by atoms with Crippen LogP contribution < -0.4 is 0 Å². The summed E-state index contributed by atoms with van der Waals surface area (Å²) in [6.45, 7) is 0. The number of alkyl halides is 3. The van der Waals surface area contributed by atoms with E-state index >= 15 is 0 Å². The minimum absolute atomic E-state index is 0.0204. The van der Waals surface area contributed by atoms with Gasteiger partial charge in [-0.1, -0.05) is 0 Å². The van der Waals surface area contributed by atoms with Crippen LogP contribution in [0.2, 0.25) is 0 Å². The van der Waals surface area contributed by atoms with Crippen LogP contribution in [0.25, 0.3) is 11.0 Å². The topological polar surface area (TPSA) is 66.0 Å². The lowest BCUT2D eigenvalue weighted by atomic mass is 10.1. The number of halogens is 4. The number of aromatic carboxylic acids is 1. The summed E-state index contributed by atoms with van der Waals surface area (Å²) in [4.78, 5) is 17.2. The fourth-order valence-corrected chi connectivity index (χ4v) is 2.18. The van der Waals surface area contributed by atoms with E-state index in [1.54, 1.807) is 22.6 Å². The fraction of sp³-hybridized carbons (Fsp3) is 0.111. The summed E-state index contributed by atoms with van der Waals surface area (Å²) in [6.07, 6.45) is -2.81. The standard InChI is InChI=1S/C9H4F3IN2O2/c10-9(11,12)3-1-14-7-6(4(13)2-15-7)5(3)8(16)17/h1-2H,(H,14,15)(H,16,17). The Bertz CT molecular complexity index is 606. The molecule has 0 aliphatic rings. The third-order valence-corrected chi connectivity index (χ3v) is 3.02. The maximum absolute atomic E-state index is 12.7. The zero-order chi connectivity index (χ0) is 12.8. The van der Waals surface area contributed by atoms with Crippen LogP contribution in [-0.4, -0.2) is 21.0 Å². The van der Waals surface area contributed by atoms with Gasteiger partial charge < -0.3 is 10.1 Å².